The van der Waals surface area contributed by atoms with E-state index in [1.54, 1.807) is 18.2 Å². The van der Waals surface area contributed by atoms with Crippen LogP contribution >= 0.6 is 0 Å². The van der Waals surface area contributed by atoms with Crippen LogP contribution < -0.4 is 5.32 Å². The smallest absolute Gasteiger partial charge is 0.184 e. The average Bonchev–Trinajstić information content (AvgIpc) is 2.71. The molecule has 1 fully saturated rings. The van der Waals surface area contributed by atoms with E-state index in [1.165, 1.54) is 12.1 Å². The largest absolute Gasteiger partial charge is 0.362 e. The van der Waals surface area contributed by atoms with Gasteiger partial charge < -0.3 is 10.2 Å². The first kappa shape index (κ1) is 11.4. The number of halogens is 1. The van der Waals surface area contributed by atoms with Crippen LogP contribution in [0.25, 0.3) is 0 Å². The minimum atomic E-state index is -0.504. The van der Waals surface area contributed by atoms with E-state index in [4.69, 9.17) is 0 Å². The number of piperazine rings is 1. The Morgan fingerprint density at radius 1 is 1.33 bits per heavy atom. The Morgan fingerprint density at radius 2 is 2.11 bits per heavy atom. The molecule has 1 aromatic carbocycles. The molecule has 2 aliphatic heterocycles. The third-order valence-corrected chi connectivity index (χ3v) is 3.77. The minimum Gasteiger partial charge on any atom is -0.362 e. The van der Waals surface area contributed by atoms with Gasteiger partial charge in [-0.3, -0.25) is 4.79 Å². The van der Waals surface area contributed by atoms with E-state index in [-0.39, 0.29) is 11.6 Å². The Labute approximate surface area is 105 Å². The van der Waals surface area contributed by atoms with Crippen molar-refractivity contribution < 1.29 is 9.18 Å². The first-order valence-corrected chi connectivity index (χ1v) is 6.15. The normalized spacial score (nSPS) is 26.5. The Hall–Kier alpha value is -1.68. The quantitative estimate of drug-likeness (QED) is 0.848. The van der Waals surface area contributed by atoms with Gasteiger partial charge in [0, 0.05) is 32.3 Å². The van der Waals surface area contributed by atoms with Gasteiger partial charge in [-0.25, -0.2) is 4.39 Å². The van der Waals surface area contributed by atoms with E-state index < -0.39 is 5.54 Å². The topological polar surface area (TPSA) is 32.3 Å². The van der Waals surface area contributed by atoms with Crippen molar-refractivity contribution in [2.24, 2.45) is 0 Å². The fourth-order valence-corrected chi connectivity index (χ4v) is 2.76. The van der Waals surface area contributed by atoms with Crippen molar-refractivity contribution in [3.05, 3.63) is 47.9 Å². The second-order valence-electron chi connectivity index (χ2n) is 4.88. The van der Waals surface area contributed by atoms with E-state index in [0.29, 0.717) is 13.0 Å². The highest BCUT2D eigenvalue weighted by Gasteiger charge is 2.46. The van der Waals surface area contributed by atoms with Gasteiger partial charge in [-0.2, -0.15) is 0 Å². The van der Waals surface area contributed by atoms with Crippen LogP contribution in [0.1, 0.15) is 5.56 Å². The zero-order valence-electron chi connectivity index (χ0n) is 10.0. The molecule has 0 aromatic heterocycles. The Bertz CT molecular complexity index is 497. The van der Waals surface area contributed by atoms with Crippen molar-refractivity contribution >= 4 is 5.78 Å². The molecule has 1 saturated heterocycles. The van der Waals surface area contributed by atoms with E-state index in [1.807, 2.05) is 6.20 Å². The lowest BCUT2D eigenvalue weighted by molar-refractivity contribution is -0.123. The average molecular weight is 246 g/mol. The second-order valence-corrected chi connectivity index (χ2v) is 4.88. The van der Waals surface area contributed by atoms with Gasteiger partial charge in [0.2, 0.25) is 0 Å². The molecule has 3 nitrogen and oxygen atoms in total. The van der Waals surface area contributed by atoms with Gasteiger partial charge >= 0.3 is 0 Å². The van der Waals surface area contributed by atoms with Crippen LogP contribution in [-0.2, 0) is 11.2 Å². The number of benzene rings is 1. The maximum absolute atomic E-state index is 12.9. The third-order valence-electron chi connectivity index (χ3n) is 3.77. The highest BCUT2D eigenvalue weighted by molar-refractivity contribution is 6.00. The summed E-state index contributed by atoms with van der Waals surface area (Å²) in [5, 5.41) is 3.28. The monoisotopic (exact) mass is 246 g/mol. The maximum Gasteiger partial charge on any atom is 0.184 e. The van der Waals surface area contributed by atoms with Crippen molar-refractivity contribution in [3.8, 4) is 0 Å². The van der Waals surface area contributed by atoms with E-state index in [9.17, 15) is 9.18 Å². The number of nitrogens with one attached hydrogen (secondary N) is 1. The van der Waals surface area contributed by atoms with Gasteiger partial charge in [-0.15, -0.1) is 0 Å². The number of ketones is 1. The van der Waals surface area contributed by atoms with Gasteiger partial charge in [0.1, 0.15) is 11.4 Å². The molecule has 0 spiro atoms. The van der Waals surface area contributed by atoms with Crippen molar-refractivity contribution in [1.29, 1.82) is 0 Å². The lowest BCUT2D eigenvalue weighted by atomic mass is 9.85. The van der Waals surface area contributed by atoms with Crippen LogP contribution in [-0.4, -0.2) is 35.9 Å². The Morgan fingerprint density at radius 3 is 2.89 bits per heavy atom. The molecule has 94 valence electrons. The number of rotatable bonds is 2. The molecule has 1 unspecified atom stereocenters. The molecule has 1 aromatic rings. The van der Waals surface area contributed by atoms with Crippen LogP contribution in [0.15, 0.2) is 36.5 Å². The summed E-state index contributed by atoms with van der Waals surface area (Å²) in [7, 11) is 0. The molecule has 3 rings (SSSR count). The molecule has 1 atom stereocenters. The summed E-state index contributed by atoms with van der Waals surface area (Å²) in [6.07, 6.45) is 4.15. The second kappa shape index (κ2) is 4.21. The predicted octanol–water partition coefficient (Wildman–Crippen LogP) is 1.11. The third kappa shape index (κ3) is 1.73. The fraction of sp³-hybridized carbons (Fsp3) is 0.357. The standard InChI is InChI=1S/C14H15FN2O/c15-12-3-1-11(2-4-12)9-14-10-16-6-8-17(14)7-5-13(14)18/h1-5,7,16H,6,8-10H2. The van der Waals surface area contributed by atoms with Gasteiger partial charge in [0.25, 0.3) is 0 Å². The summed E-state index contributed by atoms with van der Waals surface area (Å²) in [4.78, 5) is 14.3. The van der Waals surface area contributed by atoms with Gasteiger partial charge in [-0.05, 0) is 23.8 Å². The molecule has 0 aliphatic carbocycles. The summed E-state index contributed by atoms with van der Waals surface area (Å²) in [5.41, 5.74) is 0.484. The Kier molecular flexibility index (Phi) is 2.67. The highest BCUT2D eigenvalue weighted by atomic mass is 19.1. The zero-order valence-corrected chi connectivity index (χ0v) is 10.0. The summed E-state index contributed by atoms with van der Waals surface area (Å²) in [6.45, 7) is 2.38. The molecule has 2 heterocycles. The number of carbonyl (C=O) groups is 1. The minimum absolute atomic E-state index is 0.138. The summed E-state index contributed by atoms with van der Waals surface area (Å²) in [5.74, 6) is -0.107. The molecule has 1 N–H and O–H groups in total. The SMILES string of the molecule is O=C1C=CN2CCNCC12Cc1ccc(F)cc1. The van der Waals surface area contributed by atoms with Crippen molar-refractivity contribution in [2.45, 2.75) is 12.0 Å². The molecule has 0 amide bonds. The Balaban J connectivity index is 1.89. The summed E-state index contributed by atoms with van der Waals surface area (Å²) < 4.78 is 12.9. The fourth-order valence-electron chi connectivity index (χ4n) is 2.76. The van der Waals surface area contributed by atoms with Crippen molar-refractivity contribution in [2.75, 3.05) is 19.6 Å². The lowest BCUT2D eigenvalue weighted by Crippen LogP contribution is -2.62. The molecule has 0 saturated carbocycles. The van der Waals surface area contributed by atoms with Crippen molar-refractivity contribution in [3.63, 3.8) is 0 Å². The molecule has 0 radical (unpaired) electrons. The molecule has 4 heteroatoms. The van der Waals surface area contributed by atoms with Gasteiger partial charge in [0.15, 0.2) is 5.78 Å². The molecular weight excluding hydrogens is 231 g/mol. The zero-order chi connectivity index (χ0) is 12.6. The van der Waals surface area contributed by atoms with Crippen LogP contribution in [0.2, 0.25) is 0 Å². The lowest BCUT2D eigenvalue weighted by Gasteiger charge is -2.42. The molecule has 0 bridgehead atoms. The molecule has 2 aliphatic rings. The molecule has 18 heavy (non-hydrogen) atoms. The summed E-state index contributed by atoms with van der Waals surface area (Å²) in [6, 6.07) is 6.39. The maximum atomic E-state index is 12.9. The highest BCUT2D eigenvalue weighted by Crippen LogP contribution is 2.29. The summed E-state index contributed by atoms with van der Waals surface area (Å²) >= 11 is 0. The number of carbonyl (C=O) groups excluding carboxylic acids is 1. The van der Waals surface area contributed by atoms with E-state index in [2.05, 4.69) is 10.2 Å². The van der Waals surface area contributed by atoms with Crippen LogP contribution in [0.5, 0.6) is 0 Å². The first-order valence-electron chi connectivity index (χ1n) is 6.15. The van der Waals surface area contributed by atoms with Gasteiger partial charge in [0.05, 0.1) is 0 Å². The molecular formula is C14H15FN2O. The van der Waals surface area contributed by atoms with Gasteiger partial charge in [-0.1, -0.05) is 12.1 Å². The number of hydrogen-bond acceptors (Lipinski definition) is 3. The first-order chi connectivity index (χ1) is 8.71. The van der Waals surface area contributed by atoms with Crippen LogP contribution in [0.4, 0.5) is 4.39 Å². The van der Waals surface area contributed by atoms with E-state index in [0.717, 1.165) is 18.7 Å². The van der Waals surface area contributed by atoms with Crippen LogP contribution in [0, 0.1) is 5.82 Å². The number of fused-ring (bicyclic) bond motifs is 1. The number of nitrogens with zero attached hydrogens (tertiary/aromatic N) is 1. The van der Waals surface area contributed by atoms with Crippen LogP contribution in [0.3, 0.4) is 0 Å². The number of hydrogen-bond donors (Lipinski definition) is 1. The van der Waals surface area contributed by atoms with E-state index >= 15 is 0 Å². The predicted molar refractivity (Wildman–Crippen MR) is 66.6 cm³/mol. The van der Waals surface area contributed by atoms with Crippen molar-refractivity contribution in [1.82, 2.24) is 10.2 Å².